The van der Waals surface area contributed by atoms with Gasteiger partial charge in [0.05, 0.1) is 5.60 Å². The van der Waals surface area contributed by atoms with E-state index in [1.165, 1.54) is 12.0 Å². The summed E-state index contributed by atoms with van der Waals surface area (Å²) in [4.78, 5) is 0. The van der Waals surface area contributed by atoms with Gasteiger partial charge in [-0.25, -0.2) is 0 Å². The van der Waals surface area contributed by atoms with Crippen LogP contribution in [0.1, 0.15) is 32.3 Å². The third kappa shape index (κ3) is 5.66. The molecule has 0 fully saturated rings. The van der Waals surface area contributed by atoms with Crippen molar-refractivity contribution in [1.29, 1.82) is 0 Å². The Hall–Kier alpha value is -0.340. The van der Waals surface area contributed by atoms with Gasteiger partial charge in [0.2, 0.25) is 0 Å². The molecule has 0 radical (unpaired) electrons. The summed E-state index contributed by atoms with van der Waals surface area (Å²) in [5.74, 6) is 0. The molecule has 0 N–H and O–H groups in total. The maximum absolute atomic E-state index is 5.91. The van der Waals surface area contributed by atoms with Gasteiger partial charge in [0.15, 0.2) is 0 Å². The Bertz CT molecular complexity index is 282. The van der Waals surface area contributed by atoms with Crippen LogP contribution in [0.15, 0.2) is 30.3 Å². The number of rotatable bonds is 7. The van der Waals surface area contributed by atoms with Crippen LogP contribution in [0.5, 0.6) is 0 Å². The highest BCUT2D eigenvalue weighted by Gasteiger charge is 2.18. The minimum atomic E-state index is -0.0618. The third-order valence-corrected chi connectivity index (χ3v) is 3.05. The Balaban J connectivity index is 2.33. The molecule has 1 nitrogen and oxygen atoms in total. The van der Waals surface area contributed by atoms with E-state index in [-0.39, 0.29) is 5.60 Å². The number of ether oxygens (including phenoxy) is 1. The summed E-state index contributed by atoms with van der Waals surface area (Å²) in [5, 5.41) is 1.06. The van der Waals surface area contributed by atoms with Gasteiger partial charge in [0.25, 0.3) is 0 Å². The van der Waals surface area contributed by atoms with E-state index < -0.39 is 0 Å². The Kier molecular flexibility index (Phi) is 6.07. The molecule has 0 spiro atoms. The van der Waals surface area contributed by atoms with Crippen molar-refractivity contribution in [3.8, 4) is 0 Å². The van der Waals surface area contributed by atoms with Crippen molar-refractivity contribution in [2.75, 3.05) is 11.9 Å². The topological polar surface area (TPSA) is 9.23 Å². The molecule has 0 saturated carbocycles. The van der Waals surface area contributed by atoms with E-state index in [2.05, 4.69) is 54.0 Å². The quantitative estimate of drug-likeness (QED) is 0.539. The van der Waals surface area contributed by atoms with Crippen LogP contribution in [-0.4, -0.2) is 17.5 Å². The van der Waals surface area contributed by atoms with Gasteiger partial charge < -0.3 is 4.74 Å². The maximum Gasteiger partial charge on any atom is 0.0666 e. The Labute approximate surface area is 107 Å². The van der Waals surface area contributed by atoms with E-state index in [0.717, 1.165) is 24.8 Å². The first-order valence-corrected chi connectivity index (χ1v) is 7.00. The smallest absolute Gasteiger partial charge is 0.0666 e. The average molecular weight is 285 g/mol. The lowest BCUT2D eigenvalue weighted by molar-refractivity contribution is -0.0180. The minimum absolute atomic E-state index is 0.0618. The van der Waals surface area contributed by atoms with Gasteiger partial charge in [-0.2, -0.15) is 0 Å². The molecule has 0 amide bonds. The summed E-state index contributed by atoms with van der Waals surface area (Å²) in [6.45, 7) is 5.17. The molecule has 16 heavy (non-hydrogen) atoms. The number of alkyl halides is 1. The first kappa shape index (κ1) is 13.7. The Morgan fingerprint density at radius 2 is 1.81 bits per heavy atom. The summed E-state index contributed by atoms with van der Waals surface area (Å²) in [7, 11) is 0. The van der Waals surface area contributed by atoms with Gasteiger partial charge in [-0.05, 0) is 32.3 Å². The van der Waals surface area contributed by atoms with E-state index in [0.29, 0.717) is 0 Å². The fourth-order valence-electron chi connectivity index (χ4n) is 1.68. The average Bonchev–Trinajstić information content (AvgIpc) is 2.25. The highest BCUT2D eigenvalue weighted by molar-refractivity contribution is 9.09. The zero-order chi connectivity index (χ0) is 11.9. The molecule has 1 aromatic carbocycles. The van der Waals surface area contributed by atoms with Gasteiger partial charge in [-0.15, -0.1) is 0 Å². The summed E-state index contributed by atoms with van der Waals surface area (Å²) < 4.78 is 5.91. The molecule has 90 valence electrons. The van der Waals surface area contributed by atoms with Crippen molar-refractivity contribution >= 4 is 15.9 Å². The van der Waals surface area contributed by atoms with Crippen LogP contribution in [0.3, 0.4) is 0 Å². The van der Waals surface area contributed by atoms with Crippen molar-refractivity contribution < 1.29 is 4.74 Å². The second-order valence-electron chi connectivity index (χ2n) is 4.67. The molecule has 2 heteroatoms. The number of halogens is 1. The fourth-order valence-corrected chi connectivity index (χ4v) is 2.08. The first-order chi connectivity index (χ1) is 7.64. The number of unbranched alkanes of at least 4 members (excludes halogenated alkanes) is 1. The third-order valence-electron chi connectivity index (χ3n) is 2.49. The molecule has 0 aliphatic carbocycles. The van der Waals surface area contributed by atoms with E-state index in [1.807, 2.05) is 6.07 Å². The van der Waals surface area contributed by atoms with Crippen molar-refractivity contribution in [1.82, 2.24) is 0 Å². The first-order valence-electron chi connectivity index (χ1n) is 5.88. The van der Waals surface area contributed by atoms with Crippen LogP contribution in [0.4, 0.5) is 0 Å². The van der Waals surface area contributed by atoms with Crippen LogP contribution in [0.25, 0.3) is 0 Å². The van der Waals surface area contributed by atoms with Crippen molar-refractivity contribution in [3.05, 3.63) is 35.9 Å². The van der Waals surface area contributed by atoms with E-state index in [1.54, 1.807) is 0 Å². The van der Waals surface area contributed by atoms with Crippen molar-refractivity contribution in [2.45, 2.75) is 38.7 Å². The number of hydrogen-bond donors (Lipinski definition) is 0. The van der Waals surface area contributed by atoms with Gasteiger partial charge in [-0.3, -0.25) is 0 Å². The molecule has 0 aliphatic heterocycles. The molecule has 0 atom stereocenters. The normalized spacial score (nSPS) is 11.7. The van der Waals surface area contributed by atoms with Crippen LogP contribution in [-0.2, 0) is 11.2 Å². The number of benzene rings is 1. The zero-order valence-corrected chi connectivity index (χ0v) is 11.8. The zero-order valence-electron chi connectivity index (χ0n) is 10.2. The summed E-state index contributed by atoms with van der Waals surface area (Å²) in [5.41, 5.74) is 1.28. The highest BCUT2D eigenvalue weighted by Crippen LogP contribution is 2.17. The standard InChI is InChI=1S/C14H21BrO/c1-14(2,16-11-7-6-10-15)12-13-8-4-3-5-9-13/h3-5,8-9H,6-7,10-12H2,1-2H3. The van der Waals surface area contributed by atoms with Crippen molar-refractivity contribution in [2.24, 2.45) is 0 Å². The second kappa shape index (κ2) is 7.08. The monoisotopic (exact) mass is 284 g/mol. The van der Waals surface area contributed by atoms with E-state index >= 15 is 0 Å². The fraction of sp³-hybridized carbons (Fsp3) is 0.571. The van der Waals surface area contributed by atoms with Gasteiger partial charge >= 0.3 is 0 Å². The molecule has 0 unspecified atom stereocenters. The molecular formula is C14H21BrO. The van der Waals surface area contributed by atoms with E-state index in [4.69, 9.17) is 4.74 Å². The lowest BCUT2D eigenvalue weighted by Gasteiger charge is -2.25. The maximum atomic E-state index is 5.91. The molecule has 0 saturated heterocycles. The number of hydrogen-bond acceptors (Lipinski definition) is 1. The minimum Gasteiger partial charge on any atom is -0.375 e. The van der Waals surface area contributed by atoms with Crippen LogP contribution in [0.2, 0.25) is 0 Å². The SMILES string of the molecule is CC(C)(Cc1ccccc1)OCCCCBr. The lowest BCUT2D eigenvalue weighted by Crippen LogP contribution is -2.27. The largest absolute Gasteiger partial charge is 0.375 e. The molecular weight excluding hydrogens is 264 g/mol. The predicted octanol–water partition coefficient (Wildman–Crippen LogP) is 4.20. The lowest BCUT2D eigenvalue weighted by atomic mass is 9.98. The molecule has 0 heterocycles. The predicted molar refractivity (Wildman–Crippen MR) is 73.2 cm³/mol. The highest BCUT2D eigenvalue weighted by atomic mass is 79.9. The van der Waals surface area contributed by atoms with Crippen molar-refractivity contribution in [3.63, 3.8) is 0 Å². The summed E-state index contributed by atoms with van der Waals surface area (Å²) >= 11 is 3.43. The molecule has 0 aliphatic rings. The van der Waals surface area contributed by atoms with Gasteiger partial charge in [-0.1, -0.05) is 46.3 Å². The Morgan fingerprint density at radius 3 is 2.44 bits per heavy atom. The molecule has 0 bridgehead atoms. The Morgan fingerprint density at radius 1 is 1.12 bits per heavy atom. The molecule has 1 aromatic rings. The van der Waals surface area contributed by atoms with Crippen LogP contribution < -0.4 is 0 Å². The van der Waals surface area contributed by atoms with Gasteiger partial charge in [0, 0.05) is 18.4 Å². The van der Waals surface area contributed by atoms with Crippen LogP contribution in [0, 0.1) is 0 Å². The van der Waals surface area contributed by atoms with Gasteiger partial charge in [0.1, 0.15) is 0 Å². The molecule has 0 aromatic heterocycles. The second-order valence-corrected chi connectivity index (χ2v) is 5.46. The summed E-state index contributed by atoms with van der Waals surface area (Å²) in [6, 6.07) is 10.5. The summed E-state index contributed by atoms with van der Waals surface area (Å²) in [6.07, 6.45) is 3.28. The van der Waals surface area contributed by atoms with Crippen LogP contribution >= 0.6 is 15.9 Å². The van der Waals surface area contributed by atoms with E-state index in [9.17, 15) is 0 Å². The molecule has 1 rings (SSSR count).